The van der Waals surface area contributed by atoms with Gasteiger partial charge in [0, 0.05) is 42.8 Å². The fourth-order valence-corrected chi connectivity index (χ4v) is 6.28. The highest BCUT2D eigenvalue weighted by atomic mass is 16.5. The Kier molecular flexibility index (Phi) is 4.29. The third-order valence-electron chi connectivity index (χ3n) is 7.92. The zero-order valence-electron chi connectivity index (χ0n) is 16.6. The van der Waals surface area contributed by atoms with Crippen LogP contribution < -0.4 is 20.5 Å². The molecular formula is C20H32N6O. The van der Waals surface area contributed by atoms with Crippen LogP contribution in [0.25, 0.3) is 0 Å². The summed E-state index contributed by atoms with van der Waals surface area (Å²) < 4.78 is 5.14. The summed E-state index contributed by atoms with van der Waals surface area (Å²) in [5.74, 6) is 2.39. The van der Waals surface area contributed by atoms with Gasteiger partial charge in [0.05, 0.1) is 7.11 Å². The van der Waals surface area contributed by atoms with Crippen molar-refractivity contribution in [1.82, 2.24) is 25.9 Å². The third kappa shape index (κ3) is 2.91. The van der Waals surface area contributed by atoms with Crippen molar-refractivity contribution >= 4 is 5.82 Å². The van der Waals surface area contributed by atoms with Gasteiger partial charge in [-0.25, -0.2) is 0 Å². The molecule has 148 valence electrons. The molecule has 4 fully saturated rings. The number of anilines is 1. The zero-order valence-corrected chi connectivity index (χ0v) is 16.6. The van der Waals surface area contributed by atoms with Crippen molar-refractivity contribution in [2.45, 2.75) is 62.1 Å². The lowest BCUT2D eigenvalue weighted by atomic mass is 9.90. The maximum Gasteiger partial charge on any atom is 0.233 e. The maximum absolute atomic E-state index is 5.14. The van der Waals surface area contributed by atoms with Gasteiger partial charge in [0.15, 0.2) is 5.82 Å². The Morgan fingerprint density at radius 3 is 2.81 bits per heavy atom. The van der Waals surface area contributed by atoms with E-state index in [1.165, 1.54) is 44.9 Å². The summed E-state index contributed by atoms with van der Waals surface area (Å²) in [5.41, 5.74) is 7.65. The predicted octanol–water partition coefficient (Wildman–Crippen LogP) is 1.57. The van der Waals surface area contributed by atoms with Crippen LogP contribution >= 0.6 is 0 Å². The zero-order chi connectivity index (χ0) is 18.5. The third-order valence-corrected chi connectivity index (χ3v) is 7.92. The van der Waals surface area contributed by atoms with Gasteiger partial charge in [0.1, 0.15) is 0 Å². The number of hydrogen-bond acceptors (Lipinski definition) is 7. The summed E-state index contributed by atoms with van der Waals surface area (Å²) in [6.07, 6.45) is 9.19. The number of methoxy groups -OCH3 is 1. The van der Waals surface area contributed by atoms with Crippen LogP contribution in [0, 0.1) is 5.92 Å². The lowest BCUT2D eigenvalue weighted by Gasteiger charge is -2.38. The van der Waals surface area contributed by atoms with Crippen LogP contribution in [0.1, 0.15) is 44.9 Å². The molecule has 0 aromatic carbocycles. The Hall–Kier alpha value is -1.44. The van der Waals surface area contributed by atoms with E-state index in [9.17, 15) is 0 Å². The van der Waals surface area contributed by atoms with Crippen LogP contribution in [0.15, 0.2) is 12.1 Å². The first kappa shape index (κ1) is 17.6. The van der Waals surface area contributed by atoms with Gasteiger partial charge in [-0.3, -0.25) is 15.8 Å². The second-order valence-electron chi connectivity index (χ2n) is 9.13. The lowest BCUT2D eigenvalue weighted by molar-refractivity contribution is 0.117. The summed E-state index contributed by atoms with van der Waals surface area (Å²) in [4.78, 5) is 5.15. The Balaban J connectivity index is 1.26. The van der Waals surface area contributed by atoms with Crippen molar-refractivity contribution in [3.05, 3.63) is 12.1 Å². The van der Waals surface area contributed by atoms with Gasteiger partial charge in [-0.2, -0.15) is 0 Å². The largest absolute Gasteiger partial charge is 0.480 e. The van der Waals surface area contributed by atoms with E-state index in [-0.39, 0.29) is 0 Å². The van der Waals surface area contributed by atoms with E-state index < -0.39 is 0 Å². The number of rotatable bonds is 3. The SMILES string of the molecule is COc1ccc(N2CCC3(CCC(C4CCC5(CCNN5)C4)N3C)C2)nn1. The Morgan fingerprint density at radius 2 is 2.07 bits per heavy atom. The second-order valence-corrected chi connectivity index (χ2v) is 9.13. The molecule has 0 amide bonds. The number of hydrogen-bond donors (Lipinski definition) is 2. The van der Waals surface area contributed by atoms with E-state index in [4.69, 9.17) is 4.74 Å². The van der Waals surface area contributed by atoms with Crippen molar-refractivity contribution < 1.29 is 4.74 Å². The van der Waals surface area contributed by atoms with Crippen molar-refractivity contribution in [2.75, 3.05) is 38.7 Å². The van der Waals surface area contributed by atoms with E-state index in [0.29, 0.717) is 17.0 Å². The van der Waals surface area contributed by atoms with E-state index in [2.05, 4.69) is 37.9 Å². The van der Waals surface area contributed by atoms with E-state index in [1.807, 2.05) is 12.1 Å². The fraction of sp³-hybridized carbons (Fsp3) is 0.800. The summed E-state index contributed by atoms with van der Waals surface area (Å²) in [6.45, 7) is 3.26. The van der Waals surface area contributed by atoms with Gasteiger partial charge in [-0.15, -0.1) is 10.2 Å². The van der Waals surface area contributed by atoms with Crippen LogP contribution in [0.4, 0.5) is 5.82 Å². The van der Waals surface area contributed by atoms with Gasteiger partial charge >= 0.3 is 0 Å². The maximum atomic E-state index is 5.14. The quantitative estimate of drug-likeness (QED) is 0.835. The topological polar surface area (TPSA) is 65.6 Å². The lowest BCUT2D eigenvalue weighted by Crippen LogP contribution is -2.49. The normalized spacial score (nSPS) is 39.3. The average molecular weight is 373 g/mol. The first-order chi connectivity index (χ1) is 13.1. The van der Waals surface area contributed by atoms with Crippen LogP contribution in [0.3, 0.4) is 0 Å². The van der Waals surface area contributed by atoms with E-state index >= 15 is 0 Å². The van der Waals surface area contributed by atoms with Crippen LogP contribution in [0.2, 0.25) is 0 Å². The molecule has 1 aromatic heterocycles. The molecule has 2 N–H and O–H groups in total. The second kappa shape index (κ2) is 6.57. The molecule has 3 aliphatic heterocycles. The molecule has 1 aliphatic carbocycles. The monoisotopic (exact) mass is 372 g/mol. The van der Waals surface area contributed by atoms with Gasteiger partial charge in [-0.05, 0) is 64.0 Å². The number of nitrogens with zero attached hydrogens (tertiary/aromatic N) is 4. The van der Waals surface area contributed by atoms with Gasteiger partial charge in [0.2, 0.25) is 5.88 Å². The number of nitrogens with one attached hydrogen (secondary N) is 2. The highest BCUT2D eigenvalue weighted by Crippen LogP contribution is 2.48. The highest BCUT2D eigenvalue weighted by molar-refractivity contribution is 5.41. The van der Waals surface area contributed by atoms with Crippen molar-refractivity contribution in [3.63, 3.8) is 0 Å². The molecule has 27 heavy (non-hydrogen) atoms. The van der Waals surface area contributed by atoms with E-state index in [1.54, 1.807) is 7.11 Å². The van der Waals surface area contributed by atoms with Gasteiger partial charge in [0.25, 0.3) is 0 Å². The van der Waals surface area contributed by atoms with Gasteiger partial charge in [-0.1, -0.05) is 0 Å². The Labute approximate surface area is 161 Å². The molecule has 1 aromatic rings. The number of likely N-dealkylation sites (N-methyl/N-ethyl adjacent to an activating group) is 1. The molecule has 7 nitrogen and oxygen atoms in total. The molecular weight excluding hydrogens is 340 g/mol. The average Bonchev–Trinajstić information content (AvgIpc) is 3.48. The molecule has 4 aliphatic rings. The molecule has 4 heterocycles. The smallest absolute Gasteiger partial charge is 0.233 e. The highest BCUT2D eigenvalue weighted by Gasteiger charge is 2.53. The Bertz CT molecular complexity index is 676. The summed E-state index contributed by atoms with van der Waals surface area (Å²) in [7, 11) is 4.01. The standard InChI is InChI=1S/C20H32N6O/c1-25-16(15-5-7-19(13-15)9-11-21-24-19)6-8-20(25)10-12-26(14-20)17-3-4-18(27-2)23-22-17/h3-4,15-16,21,24H,5-14H2,1-2H3. The van der Waals surface area contributed by atoms with Crippen molar-refractivity contribution in [3.8, 4) is 5.88 Å². The molecule has 7 heteroatoms. The predicted molar refractivity (Wildman–Crippen MR) is 105 cm³/mol. The summed E-state index contributed by atoms with van der Waals surface area (Å²) in [6, 6.07) is 4.68. The molecule has 0 bridgehead atoms. The first-order valence-corrected chi connectivity index (χ1v) is 10.5. The Morgan fingerprint density at radius 1 is 1.15 bits per heavy atom. The van der Waals surface area contributed by atoms with Crippen LogP contribution in [-0.4, -0.2) is 66.0 Å². The van der Waals surface area contributed by atoms with Crippen LogP contribution in [-0.2, 0) is 0 Å². The molecule has 0 radical (unpaired) electrons. The first-order valence-electron chi connectivity index (χ1n) is 10.5. The minimum Gasteiger partial charge on any atom is -0.480 e. The van der Waals surface area contributed by atoms with E-state index in [0.717, 1.165) is 37.4 Å². The number of aromatic nitrogens is 2. The summed E-state index contributed by atoms with van der Waals surface area (Å²) in [5, 5.41) is 8.53. The molecule has 2 spiro atoms. The molecule has 5 rings (SSSR count). The number of ether oxygens (including phenoxy) is 1. The molecule has 4 atom stereocenters. The minimum absolute atomic E-state index is 0.309. The molecule has 1 saturated carbocycles. The fourth-order valence-electron chi connectivity index (χ4n) is 6.28. The van der Waals surface area contributed by atoms with Crippen LogP contribution in [0.5, 0.6) is 5.88 Å². The molecule has 3 saturated heterocycles. The van der Waals surface area contributed by atoms with Gasteiger partial charge < -0.3 is 9.64 Å². The van der Waals surface area contributed by atoms with Crippen molar-refractivity contribution in [2.24, 2.45) is 5.92 Å². The van der Waals surface area contributed by atoms with Crippen molar-refractivity contribution in [1.29, 1.82) is 0 Å². The molecule has 4 unspecified atom stereocenters. The summed E-state index contributed by atoms with van der Waals surface area (Å²) >= 11 is 0. The number of likely N-dealkylation sites (tertiary alicyclic amines) is 1. The minimum atomic E-state index is 0.309. The number of hydrazine groups is 1.